The molecule has 1 aliphatic carbocycles. The smallest absolute Gasteiger partial charge is 0.191 e. The molecule has 0 atom stereocenters. The maximum absolute atomic E-state index is 6.02. The quantitative estimate of drug-likeness (QED) is 0.411. The van der Waals surface area contributed by atoms with Crippen LogP contribution in [0.4, 0.5) is 0 Å². The van der Waals surface area contributed by atoms with Gasteiger partial charge in [0.05, 0.1) is 0 Å². The first-order valence-electron chi connectivity index (χ1n) is 7.30. The van der Waals surface area contributed by atoms with Gasteiger partial charge in [-0.3, -0.25) is 4.99 Å². The minimum Gasteiger partial charge on any atom is -0.382 e. The van der Waals surface area contributed by atoms with Gasteiger partial charge in [-0.05, 0) is 45.4 Å². The second-order valence-corrected chi connectivity index (χ2v) is 5.15. The zero-order valence-electron chi connectivity index (χ0n) is 12.2. The summed E-state index contributed by atoms with van der Waals surface area (Å²) in [6.45, 7) is 10.7. The monoisotopic (exact) mass is 255 g/mol. The topological polar surface area (TPSA) is 50.9 Å². The zero-order chi connectivity index (χ0) is 13.4. The first-order chi connectivity index (χ1) is 8.67. The number of aliphatic imine (C=N–C) groups is 1. The number of rotatable bonds is 8. The van der Waals surface area contributed by atoms with Crippen LogP contribution in [0.15, 0.2) is 4.99 Å². The van der Waals surface area contributed by atoms with Crippen LogP contribution in [-0.4, -0.2) is 43.7 Å². The van der Waals surface area contributed by atoms with E-state index in [4.69, 9.17) is 10.5 Å². The molecule has 0 heterocycles. The first-order valence-corrected chi connectivity index (χ1v) is 7.30. The summed E-state index contributed by atoms with van der Waals surface area (Å²) in [6.07, 6.45) is 4.99. The van der Waals surface area contributed by atoms with Crippen molar-refractivity contribution in [3.8, 4) is 0 Å². The zero-order valence-corrected chi connectivity index (χ0v) is 12.2. The van der Waals surface area contributed by atoms with Crippen molar-refractivity contribution in [2.24, 2.45) is 16.1 Å². The molecular formula is C14H29N3O. The van der Waals surface area contributed by atoms with Gasteiger partial charge in [-0.15, -0.1) is 0 Å². The fourth-order valence-corrected chi connectivity index (χ4v) is 2.49. The highest BCUT2D eigenvalue weighted by Gasteiger charge is 2.36. The molecule has 4 nitrogen and oxygen atoms in total. The summed E-state index contributed by atoms with van der Waals surface area (Å²) in [6, 6.07) is 0. The summed E-state index contributed by atoms with van der Waals surface area (Å²) >= 11 is 0. The molecule has 0 unspecified atom stereocenters. The average molecular weight is 255 g/mol. The molecule has 1 aliphatic rings. The molecular weight excluding hydrogens is 226 g/mol. The van der Waals surface area contributed by atoms with E-state index in [2.05, 4.69) is 23.7 Å². The molecule has 106 valence electrons. The molecule has 4 heteroatoms. The molecule has 0 amide bonds. The third-order valence-corrected chi connectivity index (χ3v) is 4.06. The highest BCUT2D eigenvalue weighted by atomic mass is 16.5. The van der Waals surface area contributed by atoms with Crippen LogP contribution < -0.4 is 5.73 Å². The third-order valence-electron chi connectivity index (χ3n) is 4.06. The van der Waals surface area contributed by atoms with Gasteiger partial charge >= 0.3 is 0 Å². The van der Waals surface area contributed by atoms with Crippen molar-refractivity contribution in [2.75, 3.05) is 32.8 Å². The summed E-state index contributed by atoms with van der Waals surface area (Å²) in [5.41, 5.74) is 6.39. The molecule has 2 N–H and O–H groups in total. The Morgan fingerprint density at radius 3 is 2.39 bits per heavy atom. The molecule has 0 bridgehead atoms. The maximum atomic E-state index is 6.02. The van der Waals surface area contributed by atoms with E-state index in [0.29, 0.717) is 11.4 Å². The van der Waals surface area contributed by atoms with Crippen LogP contribution in [0, 0.1) is 5.41 Å². The Hall–Kier alpha value is -0.770. The molecule has 0 aliphatic heterocycles. The van der Waals surface area contributed by atoms with E-state index in [-0.39, 0.29) is 0 Å². The summed E-state index contributed by atoms with van der Waals surface area (Å²) in [5, 5.41) is 0. The van der Waals surface area contributed by atoms with Crippen LogP contribution in [-0.2, 0) is 4.74 Å². The van der Waals surface area contributed by atoms with Crippen molar-refractivity contribution in [3.63, 3.8) is 0 Å². The molecule has 18 heavy (non-hydrogen) atoms. The van der Waals surface area contributed by atoms with Crippen molar-refractivity contribution in [1.29, 1.82) is 0 Å². The standard InChI is InChI=1S/C14H29N3O/c1-4-17(5-2)13(15)16-12-14(8-7-9-14)10-11-18-6-3/h4-12H2,1-3H3,(H2,15,16). The Morgan fingerprint density at radius 2 is 1.94 bits per heavy atom. The van der Waals surface area contributed by atoms with Crippen LogP contribution in [0.25, 0.3) is 0 Å². The van der Waals surface area contributed by atoms with E-state index in [1.807, 2.05) is 6.92 Å². The number of nitrogens with zero attached hydrogens (tertiary/aromatic N) is 2. The van der Waals surface area contributed by atoms with Gasteiger partial charge in [0.1, 0.15) is 0 Å². The van der Waals surface area contributed by atoms with Crippen molar-refractivity contribution >= 4 is 5.96 Å². The Morgan fingerprint density at radius 1 is 1.28 bits per heavy atom. The van der Waals surface area contributed by atoms with Gasteiger partial charge in [0.2, 0.25) is 0 Å². The predicted molar refractivity (Wildman–Crippen MR) is 76.8 cm³/mol. The largest absolute Gasteiger partial charge is 0.382 e. The van der Waals surface area contributed by atoms with Crippen LogP contribution in [0.5, 0.6) is 0 Å². The van der Waals surface area contributed by atoms with Gasteiger partial charge in [-0.25, -0.2) is 0 Å². The number of ether oxygens (including phenoxy) is 1. The summed E-state index contributed by atoms with van der Waals surface area (Å²) in [7, 11) is 0. The fraction of sp³-hybridized carbons (Fsp3) is 0.929. The normalized spacial score (nSPS) is 18.5. The number of hydrogen-bond donors (Lipinski definition) is 1. The minimum atomic E-state index is 0.368. The Kier molecular flexibility index (Phi) is 6.47. The van der Waals surface area contributed by atoms with Crippen molar-refractivity contribution < 1.29 is 4.74 Å². The Bertz CT molecular complexity index is 258. The molecule has 0 radical (unpaired) electrons. The summed E-state index contributed by atoms with van der Waals surface area (Å²) in [5.74, 6) is 0.697. The molecule has 0 spiro atoms. The molecule has 1 saturated carbocycles. The lowest BCUT2D eigenvalue weighted by molar-refractivity contribution is 0.0608. The lowest BCUT2D eigenvalue weighted by Gasteiger charge is -2.41. The second kappa shape index (κ2) is 7.62. The van der Waals surface area contributed by atoms with Gasteiger partial charge in [0.15, 0.2) is 5.96 Å². The highest BCUT2D eigenvalue weighted by Crippen LogP contribution is 2.44. The maximum Gasteiger partial charge on any atom is 0.191 e. The molecule has 0 aromatic rings. The molecule has 1 fully saturated rings. The van der Waals surface area contributed by atoms with Gasteiger partial charge in [-0.2, -0.15) is 0 Å². The number of guanidine groups is 1. The second-order valence-electron chi connectivity index (χ2n) is 5.15. The fourth-order valence-electron chi connectivity index (χ4n) is 2.49. The summed E-state index contributed by atoms with van der Waals surface area (Å²) in [4.78, 5) is 6.71. The molecule has 0 saturated heterocycles. The number of nitrogens with two attached hydrogens (primary N) is 1. The minimum absolute atomic E-state index is 0.368. The van der Waals surface area contributed by atoms with E-state index < -0.39 is 0 Å². The van der Waals surface area contributed by atoms with Gasteiger partial charge < -0.3 is 15.4 Å². The SMILES string of the molecule is CCOCCC1(CN=C(N)N(CC)CC)CCC1. The lowest BCUT2D eigenvalue weighted by atomic mass is 9.67. The molecule has 1 rings (SSSR count). The van der Waals surface area contributed by atoms with E-state index in [0.717, 1.165) is 39.3 Å². The van der Waals surface area contributed by atoms with Gasteiger partial charge in [0, 0.05) is 32.8 Å². The Labute approximate surface area is 112 Å². The van der Waals surface area contributed by atoms with E-state index in [9.17, 15) is 0 Å². The predicted octanol–water partition coefficient (Wildman–Crippen LogP) is 2.24. The number of hydrogen-bond acceptors (Lipinski definition) is 2. The first kappa shape index (κ1) is 15.3. The average Bonchev–Trinajstić information content (AvgIpc) is 2.33. The highest BCUT2D eigenvalue weighted by molar-refractivity contribution is 5.78. The van der Waals surface area contributed by atoms with E-state index in [1.54, 1.807) is 0 Å². The van der Waals surface area contributed by atoms with Crippen LogP contribution in [0.1, 0.15) is 46.5 Å². The van der Waals surface area contributed by atoms with Crippen LogP contribution in [0.2, 0.25) is 0 Å². The summed E-state index contributed by atoms with van der Waals surface area (Å²) < 4.78 is 5.47. The molecule has 0 aromatic heterocycles. The third kappa shape index (κ3) is 4.16. The van der Waals surface area contributed by atoms with Crippen molar-refractivity contribution in [3.05, 3.63) is 0 Å². The van der Waals surface area contributed by atoms with Crippen LogP contribution in [0.3, 0.4) is 0 Å². The van der Waals surface area contributed by atoms with E-state index >= 15 is 0 Å². The molecule has 0 aromatic carbocycles. The van der Waals surface area contributed by atoms with Gasteiger partial charge in [-0.1, -0.05) is 6.42 Å². The van der Waals surface area contributed by atoms with Crippen LogP contribution >= 0.6 is 0 Å². The van der Waals surface area contributed by atoms with Crippen molar-refractivity contribution in [2.45, 2.75) is 46.5 Å². The Balaban J connectivity index is 2.44. The van der Waals surface area contributed by atoms with Crippen molar-refractivity contribution in [1.82, 2.24) is 4.90 Å². The van der Waals surface area contributed by atoms with Gasteiger partial charge in [0.25, 0.3) is 0 Å². The lowest BCUT2D eigenvalue weighted by Crippen LogP contribution is -2.40. The van der Waals surface area contributed by atoms with E-state index in [1.165, 1.54) is 19.3 Å².